The van der Waals surface area contributed by atoms with Gasteiger partial charge < -0.3 is 23.7 Å². The van der Waals surface area contributed by atoms with Gasteiger partial charge in [-0.05, 0) is 12.1 Å². The van der Waals surface area contributed by atoms with Crippen LogP contribution in [-0.4, -0.2) is 61.2 Å². The van der Waals surface area contributed by atoms with Crippen LogP contribution in [0.5, 0.6) is 0 Å². The van der Waals surface area contributed by atoms with Gasteiger partial charge in [-0.3, -0.25) is 14.4 Å². The van der Waals surface area contributed by atoms with Crippen LogP contribution in [0.2, 0.25) is 0 Å². The van der Waals surface area contributed by atoms with E-state index in [4.69, 9.17) is 23.7 Å². The van der Waals surface area contributed by atoms with E-state index in [-0.39, 0.29) is 5.69 Å². The Balaban J connectivity index is 2.36. The van der Waals surface area contributed by atoms with Crippen molar-refractivity contribution in [2.45, 2.75) is 51.5 Å². The summed E-state index contributed by atoms with van der Waals surface area (Å²) >= 11 is 0. The number of alkyl halides is 3. The Morgan fingerprint density at radius 2 is 1.52 bits per heavy atom. The summed E-state index contributed by atoms with van der Waals surface area (Å²) in [7, 11) is 0. The highest BCUT2D eigenvalue weighted by Gasteiger charge is 2.53. The van der Waals surface area contributed by atoms with E-state index in [1.807, 2.05) is 0 Å². The summed E-state index contributed by atoms with van der Waals surface area (Å²) in [5, 5.41) is 0. The van der Waals surface area contributed by atoms with Crippen LogP contribution in [-0.2, 0) is 38.1 Å². The van der Waals surface area contributed by atoms with Gasteiger partial charge in [-0.1, -0.05) is 18.2 Å². The summed E-state index contributed by atoms with van der Waals surface area (Å²) < 4.78 is 65.8. The highest BCUT2D eigenvalue weighted by molar-refractivity contribution is 5.84. The van der Waals surface area contributed by atoms with Gasteiger partial charge >= 0.3 is 24.1 Å². The third-order valence-electron chi connectivity index (χ3n) is 3.78. The highest BCUT2D eigenvalue weighted by atomic mass is 19.4. The number of carbonyl (C=O) groups is 3. The molecule has 1 fully saturated rings. The van der Waals surface area contributed by atoms with Gasteiger partial charge in [-0.2, -0.15) is 13.2 Å². The molecule has 2 rings (SSSR count). The Hall–Kier alpha value is -3.15. The first-order chi connectivity index (χ1) is 14.5. The predicted octanol–water partition coefficient (Wildman–Crippen LogP) is 2.45. The molecule has 0 aromatic heterocycles. The van der Waals surface area contributed by atoms with Crippen molar-refractivity contribution in [2.24, 2.45) is 4.99 Å². The fourth-order valence-electron chi connectivity index (χ4n) is 2.66. The number of aliphatic imine (C=N–C) groups is 1. The molecule has 4 atom stereocenters. The lowest BCUT2D eigenvalue weighted by Crippen LogP contribution is -2.43. The number of hydrogen-bond donors (Lipinski definition) is 0. The first kappa shape index (κ1) is 24.1. The van der Waals surface area contributed by atoms with Crippen LogP contribution in [0.1, 0.15) is 20.8 Å². The number of para-hydroxylation sites is 1. The Morgan fingerprint density at radius 1 is 0.935 bits per heavy atom. The highest BCUT2D eigenvalue weighted by Crippen LogP contribution is 2.31. The second-order valence-electron chi connectivity index (χ2n) is 6.36. The lowest BCUT2D eigenvalue weighted by molar-refractivity contribution is -0.178. The maximum Gasteiger partial charge on any atom is 0.468 e. The van der Waals surface area contributed by atoms with E-state index in [9.17, 15) is 27.6 Å². The molecular weight excluding hydrogens is 427 g/mol. The minimum atomic E-state index is -5.02. The van der Waals surface area contributed by atoms with Crippen molar-refractivity contribution in [2.75, 3.05) is 6.61 Å². The summed E-state index contributed by atoms with van der Waals surface area (Å²) in [5.74, 6) is -4.09. The average Bonchev–Trinajstić information content (AvgIpc) is 2.95. The van der Waals surface area contributed by atoms with E-state index >= 15 is 0 Å². The number of nitrogens with zero attached hydrogens (tertiary/aromatic N) is 1. The van der Waals surface area contributed by atoms with E-state index in [0.29, 0.717) is 0 Å². The normalized spacial score (nSPS) is 23.7. The maximum atomic E-state index is 13.5. The van der Waals surface area contributed by atoms with Crippen LogP contribution < -0.4 is 0 Å². The Labute approximate surface area is 175 Å². The second-order valence-corrected chi connectivity index (χ2v) is 6.36. The third-order valence-corrected chi connectivity index (χ3v) is 3.78. The summed E-state index contributed by atoms with van der Waals surface area (Å²) in [6, 6.07) is 7.19. The molecule has 0 aliphatic carbocycles. The first-order valence-corrected chi connectivity index (χ1v) is 8.98. The van der Waals surface area contributed by atoms with Gasteiger partial charge in [0.25, 0.3) is 5.90 Å². The number of benzene rings is 1. The molecular formula is C19H20F3NO8. The van der Waals surface area contributed by atoms with Gasteiger partial charge in [0.05, 0.1) is 5.69 Å². The minimum Gasteiger partial charge on any atom is -0.463 e. The van der Waals surface area contributed by atoms with Crippen LogP contribution in [0.3, 0.4) is 0 Å². The molecule has 0 amide bonds. The summed E-state index contributed by atoms with van der Waals surface area (Å²) in [6.07, 6.45) is -11.1. The molecule has 0 bridgehead atoms. The molecule has 1 aliphatic rings. The van der Waals surface area contributed by atoms with Gasteiger partial charge in [-0.15, -0.1) is 0 Å². The molecule has 9 nitrogen and oxygen atoms in total. The van der Waals surface area contributed by atoms with Gasteiger partial charge in [0.1, 0.15) is 12.7 Å². The van der Waals surface area contributed by atoms with E-state index in [2.05, 4.69) is 4.99 Å². The van der Waals surface area contributed by atoms with Gasteiger partial charge in [-0.25, -0.2) is 4.99 Å². The smallest absolute Gasteiger partial charge is 0.463 e. The molecule has 1 aromatic carbocycles. The van der Waals surface area contributed by atoms with Gasteiger partial charge in [0, 0.05) is 20.8 Å². The Morgan fingerprint density at radius 3 is 2.03 bits per heavy atom. The summed E-state index contributed by atoms with van der Waals surface area (Å²) in [4.78, 5) is 37.5. The van der Waals surface area contributed by atoms with Crippen molar-refractivity contribution in [1.82, 2.24) is 0 Å². The van der Waals surface area contributed by atoms with E-state index < -0.39 is 61.2 Å². The van der Waals surface area contributed by atoms with Crippen molar-refractivity contribution in [3.63, 3.8) is 0 Å². The number of rotatable bonds is 6. The van der Waals surface area contributed by atoms with E-state index in [1.54, 1.807) is 6.07 Å². The van der Waals surface area contributed by atoms with E-state index in [1.165, 1.54) is 24.3 Å². The largest absolute Gasteiger partial charge is 0.468 e. The van der Waals surface area contributed by atoms with Gasteiger partial charge in [0.2, 0.25) is 12.4 Å². The lowest BCUT2D eigenvalue weighted by Gasteiger charge is -2.24. The zero-order valence-electron chi connectivity index (χ0n) is 16.8. The molecule has 1 saturated heterocycles. The van der Waals surface area contributed by atoms with Crippen molar-refractivity contribution in [3.8, 4) is 0 Å². The third kappa shape index (κ3) is 7.24. The molecule has 0 N–H and O–H groups in total. The molecule has 170 valence electrons. The summed E-state index contributed by atoms with van der Waals surface area (Å²) in [5.41, 5.74) is -0.0511. The number of halogens is 3. The quantitative estimate of drug-likeness (QED) is 0.283. The van der Waals surface area contributed by atoms with E-state index in [0.717, 1.165) is 20.8 Å². The van der Waals surface area contributed by atoms with Gasteiger partial charge in [0.15, 0.2) is 6.10 Å². The molecule has 0 spiro atoms. The molecule has 0 saturated carbocycles. The SMILES string of the molecule is CC(=O)OC[C@H]1OC(OC(=Nc2ccccc2)C(F)(F)F)[C@H](OC(C)=O)[C@@H]1OC(C)=O. The molecule has 1 aliphatic heterocycles. The predicted molar refractivity (Wildman–Crippen MR) is 97.1 cm³/mol. The van der Waals surface area contributed by atoms with Crippen molar-refractivity contribution in [3.05, 3.63) is 30.3 Å². The van der Waals surface area contributed by atoms with Crippen LogP contribution in [0.25, 0.3) is 0 Å². The second kappa shape index (κ2) is 10.2. The minimum absolute atomic E-state index is 0.0511. The van der Waals surface area contributed by atoms with Crippen LogP contribution in [0.15, 0.2) is 35.3 Å². The maximum absolute atomic E-state index is 13.5. The van der Waals surface area contributed by atoms with Crippen molar-refractivity contribution < 1.29 is 51.2 Å². The summed E-state index contributed by atoms with van der Waals surface area (Å²) in [6.45, 7) is 2.66. The number of carbonyl (C=O) groups excluding carboxylic acids is 3. The Kier molecular flexibility index (Phi) is 7.97. The average molecular weight is 447 g/mol. The zero-order valence-corrected chi connectivity index (χ0v) is 16.8. The fourth-order valence-corrected chi connectivity index (χ4v) is 2.66. The van der Waals surface area contributed by atoms with Crippen LogP contribution >= 0.6 is 0 Å². The standard InChI is InChI=1S/C19H20F3NO8/c1-10(24)27-9-14-15(28-11(2)25)16(29-12(3)26)17(30-14)31-18(19(20,21)22)23-13-7-5-4-6-8-13/h4-8,14-17H,9H2,1-3H3/t14-,15-,16-,17?/m1/s1. The molecule has 12 heteroatoms. The molecule has 1 heterocycles. The van der Waals surface area contributed by atoms with Crippen LogP contribution in [0, 0.1) is 0 Å². The zero-order chi connectivity index (χ0) is 23.2. The molecule has 1 unspecified atom stereocenters. The number of ether oxygens (including phenoxy) is 5. The topological polar surface area (TPSA) is 110 Å². The molecule has 1 aromatic rings. The Bertz CT molecular complexity index is 827. The van der Waals surface area contributed by atoms with Crippen molar-refractivity contribution >= 4 is 29.5 Å². The number of esters is 3. The first-order valence-electron chi connectivity index (χ1n) is 8.98. The monoisotopic (exact) mass is 447 g/mol. The van der Waals surface area contributed by atoms with Crippen molar-refractivity contribution in [1.29, 1.82) is 0 Å². The lowest BCUT2D eigenvalue weighted by atomic mass is 10.1. The number of hydrogen-bond acceptors (Lipinski definition) is 9. The van der Waals surface area contributed by atoms with Crippen LogP contribution in [0.4, 0.5) is 18.9 Å². The molecule has 0 radical (unpaired) electrons. The molecule has 31 heavy (non-hydrogen) atoms. The fraction of sp³-hybridized carbons (Fsp3) is 0.474.